The smallest absolute Gasteiger partial charge is 0.162 e. The Labute approximate surface area is 125 Å². The van der Waals surface area contributed by atoms with E-state index >= 15 is 0 Å². The minimum atomic E-state index is 0.257. The first-order valence-electron chi connectivity index (χ1n) is 6.89. The Kier molecular flexibility index (Phi) is 4.93. The van der Waals surface area contributed by atoms with Crippen molar-refractivity contribution < 1.29 is 14.6 Å². The summed E-state index contributed by atoms with van der Waals surface area (Å²) in [4.78, 5) is 0. The molecule has 2 aromatic carbocycles. The third-order valence-electron chi connectivity index (χ3n) is 3.27. The molecule has 0 aliphatic heterocycles. The molecule has 0 heterocycles. The number of ether oxygens (including phenoxy) is 2. The third kappa shape index (κ3) is 4.05. The fourth-order valence-electron chi connectivity index (χ4n) is 2.25. The molecular weight excluding hydrogens is 266 g/mol. The number of benzene rings is 2. The van der Waals surface area contributed by atoms with Gasteiger partial charge in [-0.25, -0.2) is 0 Å². The van der Waals surface area contributed by atoms with Gasteiger partial charge in [-0.3, -0.25) is 0 Å². The van der Waals surface area contributed by atoms with Gasteiger partial charge in [-0.2, -0.15) is 0 Å². The Hall–Kier alpha value is -2.36. The highest BCUT2D eigenvalue weighted by molar-refractivity contribution is 5.55. The average molecular weight is 287 g/mol. The van der Waals surface area contributed by atoms with Crippen molar-refractivity contribution in [3.63, 3.8) is 0 Å². The summed E-state index contributed by atoms with van der Waals surface area (Å²) >= 11 is 0. The summed E-state index contributed by atoms with van der Waals surface area (Å²) in [7, 11) is 3.25. The molecule has 0 radical (unpaired) electrons. The Morgan fingerprint density at radius 2 is 1.67 bits per heavy atom. The van der Waals surface area contributed by atoms with Gasteiger partial charge in [-0.15, -0.1) is 0 Å². The largest absolute Gasteiger partial charge is 0.508 e. The quantitative estimate of drug-likeness (QED) is 0.854. The van der Waals surface area contributed by atoms with Gasteiger partial charge in [0.2, 0.25) is 0 Å². The summed E-state index contributed by atoms with van der Waals surface area (Å²) in [5.74, 6) is 1.72. The molecule has 2 rings (SSSR count). The van der Waals surface area contributed by atoms with Crippen LogP contribution in [0.15, 0.2) is 42.5 Å². The number of anilines is 1. The summed E-state index contributed by atoms with van der Waals surface area (Å²) in [5.41, 5.74) is 2.16. The standard InChI is InChI=1S/C17H21NO3/c1-12(10-13-4-7-15(19)8-5-13)18-14-6-9-16(20-2)17(11-14)21-3/h4-9,11-12,18-19H,10H2,1-3H3. The normalized spacial score (nSPS) is 11.8. The molecule has 0 aromatic heterocycles. The lowest BCUT2D eigenvalue weighted by Crippen LogP contribution is -2.18. The molecule has 0 bridgehead atoms. The van der Waals surface area contributed by atoms with E-state index in [1.807, 2.05) is 30.3 Å². The van der Waals surface area contributed by atoms with Gasteiger partial charge in [-0.1, -0.05) is 12.1 Å². The zero-order valence-corrected chi connectivity index (χ0v) is 12.6. The van der Waals surface area contributed by atoms with Crippen molar-refractivity contribution in [1.82, 2.24) is 0 Å². The molecular formula is C17H21NO3. The summed E-state index contributed by atoms with van der Waals surface area (Å²) in [6.45, 7) is 2.11. The molecule has 0 saturated carbocycles. The molecule has 0 aliphatic carbocycles. The Morgan fingerprint density at radius 3 is 2.29 bits per heavy atom. The fraction of sp³-hybridized carbons (Fsp3) is 0.294. The van der Waals surface area contributed by atoms with Crippen molar-refractivity contribution in [3.05, 3.63) is 48.0 Å². The lowest BCUT2D eigenvalue weighted by Gasteiger charge is -2.17. The van der Waals surface area contributed by atoms with Crippen LogP contribution in [0.3, 0.4) is 0 Å². The van der Waals surface area contributed by atoms with E-state index in [0.717, 1.165) is 12.1 Å². The molecule has 1 atom stereocenters. The van der Waals surface area contributed by atoms with Crippen LogP contribution in [0, 0.1) is 0 Å². The number of rotatable bonds is 6. The molecule has 0 spiro atoms. The molecule has 4 nitrogen and oxygen atoms in total. The molecule has 0 amide bonds. The van der Waals surface area contributed by atoms with E-state index in [1.165, 1.54) is 5.56 Å². The molecule has 112 valence electrons. The van der Waals surface area contributed by atoms with Crippen LogP contribution in [0.4, 0.5) is 5.69 Å². The van der Waals surface area contributed by atoms with Crippen LogP contribution in [0.25, 0.3) is 0 Å². The van der Waals surface area contributed by atoms with Crippen molar-refractivity contribution in [3.8, 4) is 17.2 Å². The van der Waals surface area contributed by atoms with E-state index in [4.69, 9.17) is 9.47 Å². The maximum atomic E-state index is 9.29. The number of hydrogen-bond donors (Lipinski definition) is 2. The number of hydrogen-bond acceptors (Lipinski definition) is 4. The van der Waals surface area contributed by atoms with Gasteiger partial charge in [-0.05, 0) is 43.2 Å². The maximum absolute atomic E-state index is 9.29. The van der Waals surface area contributed by atoms with Crippen LogP contribution < -0.4 is 14.8 Å². The van der Waals surface area contributed by atoms with Crippen LogP contribution in [-0.2, 0) is 6.42 Å². The highest BCUT2D eigenvalue weighted by Gasteiger charge is 2.08. The van der Waals surface area contributed by atoms with Crippen LogP contribution in [-0.4, -0.2) is 25.4 Å². The molecule has 0 aliphatic rings. The van der Waals surface area contributed by atoms with Gasteiger partial charge >= 0.3 is 0 Å². The molecule has 21 heavy (non-hydrogen) atoms. The molecule has 4 heteroatoms. The molecule has 2 aromatic rings. The van der Waals surface area contributed by atoms with E-state index < -0.39 is 0 Å². The van der Waals surface area contributed by atoms with Crippen molar-refractivity contribution in [2.24, 2.45) is 0 Å². The van der Waals surface area contributed by atoms with Gasteiger partial charge in [0.05, 0.1) is 14.2 Å². The number of aromatic hydroxyl groups is 1. The zero-order valence-electron chi connectivity index (χ0n) is 12.6. The van der Waals surface area contributed by atoms with E-state index in [-0.39, 0.29) is 6.04 Å². The molecule has 2 N–H and O–H groups in total. The second-order valence-electron chi connectivity index (χ2n) is 4.99. The Balaban J connectivity index is 2.02. The monoisotopic (exact) mass is 287 g/mol. The Bertz CT molecular complexity index is 581. The lowest BCUT2D eigenvalue weighted by atomic mass is 10.1. The van der Waals surface area contributed by atoms with E-state index in [9.17, 15) is 5.11 Å². The van der Waals surface area contributed by atoms with Crippen LogP contribution in [0.5, 0.6) is 17.2 Å². The fourth-order valence-corrected chi connectivity index (χ4v) is 2.25. The Morgan fingerprint density at radius 1 is 1.00 bits per heavy atom. The van der Waals surface area contributed by atoms with Gasteiger partial charge in [0.15, 0.2) is 11.5 Å². The second-order valence-corrected chi connectivity index (χ2v) is 4.99. The van der Waals surface area contributed by atoms with Crippen LogP contribution >= 0.6 is 0 Å². The predicted molar refractivity (Wildman–Crippen MR) is 84.4 cm³/mol. The summed E-state index contributed by atoms with van der Waals surface area (Å²) in [6, 6.07) is 13.3. The zero-order chi connectivity index (χ0) is 15.2. The van der Waals surface area contributed by atoms with Gasteiger partial charge in [0.25, 0.3) is 0 Å². The number of nitrogens with one attached hydrogen (secondary N) is 1. The molecule has 0 saturated heterocycles. The lowest BCUT2D eigenvalue weighted by molar-refractivity contribution is 0.355. The summed E-state index contributed by atoms with van der Waals surface area (Å²) < 4.78 is 10.5. The first-order chi connectivity index (χ1) is 10.1. The van der Waals surface area contributed by atoms with Crippen molar-refractivity contribution in [1.29, 1.82) is 0 Å². The second kappa shape index (κ2) is 6.88. The minimum Gasteiger partial charge on any atom is -0.508 e. The van der Waals surface area contributed by atoms with Crippen LogP contribution in [0.1, 0.15) is 12.5 Å². The van der Waals surface area contributed by atoms with Gasteiger partial charge < -0.3 is 19.9 Å². The van der Waals surface area contributed by atoms with Crippen molar-refractivity contribution >= 4 is 5.69 Å². The number of phenols is 1. The summed E-state index contributed by atoms with van der Waals surface area (Å²) in [5, 5.41) is 12.7. The highest BCUT2D eigenvalue weighted by Crippen LogP contribution is 2.30. The molecule has 1 unspecified atom stereocenters. The van der Waals surface area contributed by atoms with E-state index in [0.29, 0.717) is 17.2 Å². The first kappa shape index (κ1) is 15.0. The maximum Gasteiger partial charge on any atom is 0.162 e. The predicted octanol–water partition coefficient (Wildman–Crippen LogP) is 3.45. The SMILES string of the molecule is COc1ccc(NC(C)Cc2ccc(O)cc2)cc1OC. The highest BCUT2D eigenvalue weighted by atomic mass is 16.5. The van der Waals surface area contributed by atoms with Crippen LogP contribution in [0.2, 0.25) is 0 Å². The first-order valence-corrected chi connectivity index (χ1v) is 6.89. The third-order valence-corrected chi connectivity index (χ3v) is 3.27. The topological polar surface area (TPSA) is 50.7 Å². The summed E-state index contributed by atoms with van der Waals surface area (Å²) in [6.07, 6.45) is 0.870. The number of phenolic OH excluding ortho intramolecular Hbond substituents is 1. The van der Waals surface area contributed by atoms with Gasteiger partial charge in [0.1, 0.15) is 5.75 Å². The van der Waals surface area contributed by atoms with Crippen molar-refractivity contribution in [2.45, 2.75) is 19.4 Å². The van der Waals surface area contributed by atoms with Gasteiger partial charge in [0, 0.05) is 17.8 Å². The minimum absolute atomic E-state index is 0.257. The molecule has 0 fully saturated rings. The van der Waals surface area contributed by atoms with E-state index in [2.05, 4.69) is 12.2 Å². The average Bonchev–Trinajstić information content (AvgIpc) is 2.49. The number of methoxy groups -OCH3 is 2. The van der Waals surface area contributed by atoms with Crippen molar-refractivity contribution in [2.75, 3.05) is 19.5 Å². The van der Waals surface area contributed by atoms with E-state index in [1.54, 1.807) is 26.4 Å².